The molecule has 21 heavy (non-hydrogen) atoms. The van der Waals surface area contributed by atoms with Crippen LogP contribution in [0.2, 0.25) is 0 Å². The molecule has 0 radical (unpaired) electrons. The van der Waals surface area contributed by atoms with E-state index in [1.807, 2.05) is 6.92 Å². The quantitative estimate of drug-likeness (QED) is 0.748. The van der Waals surface area contributed by atoms with Crippen molar-refractivity contribution in [2.24, 2.45) is 0 Å². The SMILES string of the molecule is CCCNC(c1csc(C)n1)c1cc2cccc(C)c2o1. The molecule has 0 bridgehead atoms. The third-order valence-electron chi connectivity index (χ3n) is 3.58. The fourth-order valence-corrected chi connectivity index (χ4v) is 3.16. The molecule has 1 aromatic carbocycles. The van der Waals surface area contributed by atoms with E-state index in [2.05, 4.69) is 53.8 Å². The molecular formula is C17H20N2OS. The van der Waals surface area contributed by atoms with Crippen LogP contribution in [0.4, 0.5) is 0 Å². The fraction of sp³-hybridized carbons (Fsp3) is 0.353. The molecule has 1 atom stereocenters. The number of thiazole rings is 1. The molecule has 2 heterocycles. The van der Waals surface area contributed by atoms with Crippen molar-refractivity contribution in [1.82, 2.24) is 10.3 Å². The highest BCUT2D eigenvalue weighted by Gasteiger charge is 2.20. The van der Waals surface area contributed by atoms with Crippen LogP contribution in [0.5, 0.6) is 0 Å². The van der Waals surface area contributed by atoms with Crippen LogP contribution in [0.1, 0.15) is 41.4 Å². The topological polar surface area (TPSA) is 38.1 Å². The number of benzene rings is 1. The Labute approximate surface area is 129 Å². The number of aromatic nitrogens is 1. The summed E-state index contributed by atoms with van der Waals surface area (Å²) in [4.78, 5) is 4.63. The molecule has 110 valence electrons. The van der Waals surface area contributed by atoms with Crippen molar-refractivity contribution < 1.29 is 4.42 Å². The summed E-state index contributed by atoms with van der Waals surface area (Å²) in [5.41, 5.74) is 3.19. The maximum atomic E-state index is 6.12. The maximum Gasteiger partial charge on any atom is 0.137 e. The molecule has 0 aliphatic carbocycles. The monoisotopic (exact) mass is 300 g/mol. The lowest BCUT2D eigenvalue weighted by Gasteiger charge is -2.13. The van der Waals surface area contributed by atoms with E-state index in [-0.39, 0.29) is 6.04 Å². The molecule has 0 spiro atoms. The van der Waals surface area contributed by atoms with Crippen molar-refractivity contribution >= 4 is 22.3 Å². The highest BCUT2D eigenvalue weighted by Crippen LogP contribution is 2.30. The van der Waals surface area contributed by atoms with Gasteiger partial charge in [0.2, 0.25) is 0 Å². The van der Waals surface area contributed by atoms with E-state index in [4.69, 9.17) is 4.42 Å². The number of hydrogen-bond donors (Lipinski definition) is 1. The van der Waals surface area contributed by atoms with Gasteiger partial charge in [0.05, 0.1) is 10.7 Å². The molecule has 2 aromatic heterocycles. The van der Waals surface area contributed by atoms with Crippen molar-refractivity contribution in [3.8, 4) is 0 Å². The van der Waals surface area contributed by atoms with Crippen LogP contribution in [-0.2, 0) is 0 Å². The molecule has 0 fully saturated rings. The second-order valence-corrected chi connectivity index (χ2v) is 6.38. The summed E-state index contributed by atoms with van der Waals surface area (Å²) >= 11 is 1.68. The Hall–Kier alpha value is -1.65. The first-order valence-electron chi connectivity index (χ1n) is 7.33. The van der Waals surface area contributed by atoms with Crippen molar-refractivity contribution in [1.29, 1.82) is 0 Å². The average Bonchev–Trinajstić information content (AvgIpc) is 3.07. The smallest absolute Gasteiger partial charge is 0.137 e. The number of aryl methyl sites for hydroxylation is 2. The summed E-state index contributed by atoms with van der Waals surface area (Å²) in [6, 6.07) is 8.40. The minimum absolute atomic E-state index is 0.0294. The number of hydrogen-bond acceptors (Lipinski definition) is 4. The lowest BCUT2D eigenvalue weighted by Crippen LogP contribution is -2.23. The second kappa shape index (κ2) is 6.00. The zero-order valence-electron chi connectivity index (χ0n) is 12.6. The molecule has 0 aliphatic heterocycles. The van der Waals surface area contributed by atoms with E-state index in [1.165, 1.54) is 5.56 Å². The van der Waals surface area contributed by atoms with E-state index >= 15 is 0 Å². The summed E-state index contributed by atoms with van der Waals surface area (Å²) in [7, 11) is 0. The van der Waals surface area contributed by atoms with Gasteiger partial charge in [-0.05, 0) is 38.4 Å². The summed E-state index contributed by atoms with van der Waals surface area (Å²) in [6.45, 7) is 7.22. The molecule has 3 rings (SSSR count). The number of rotatable bonds is 5. The van der Waals surface area contributed by atoms with E-state index in [1.54, 1.807) is 11.3 Å². The van der Waals surface area contributed by atoms with Gasteiger partial charge >= 0.3 is 0 Å². The van der Waals surface area contributed by atoms with Crippen LogP contribution in [0.15, 0.2) is 34.1 Å². The average molecular weight is 300 g/mol. The van der Waals surface area contributed by atoms with E-state index in [0.717, 1.165) is 40.4 Å². The Morgan fingerprint density at radius 3 is 2.86 bits per heavy atom. The predicted molar refractivity (Wildman–Crippen MR) is 87.9 cm³/mol. The third-order valence-corrected chi connectivity index (χ3v) is 4.37. The molecule has 0 saturated heterocycles. The molecule has 1 unspecified atom stereocenters. The van der Waals surface area contributed by atoms with Gasteiger partial charge in [0.15, 0.2) is 0 Å². The van der Waals surface area contributed by atoms with Gasteiger partial charge in [0, 0.05) is 10.8 Å². The Morgan fingerprint density at radius 1 is 1.33 bits per heavy atom. The minimum Gasteiger partial charge on any atom is -0.459 e. The molecule has 4 heteroatoms. The van der Waals surface area contributed by atoms with Crippen LogP contribution < -0.4 is 5.32 Å². The molecule has 0 aliphatic rings. The summed E-state index contributed by atoms with van der Waals surface area (Å²) in [5, 5.41) is 7.90. The largest absolute Gasteiger partial charge is 0.459 e. The Kier molecular flexibility index (Phi) is 4.08. The van der Waals surface area contributed by atoms with Crippen LogP contribution in [-0.4, -0.2) is 11.5 Å². The van der Waals surface area contributed by atoms with Gasteiger partial charge < -0.3 is 9.73 Å². The summed E-state index contributed by atoms with van der Waals surface area (Å²) in [6.07, 6.45) is 1.08. The molecule has 0 saturated carbocycles. The maximum absolute atomic E-state index is 6.12. The Morgan fingerprint density at radius 2 is 2.19 bits per heavy atom. The number of para-hydroxylation sites is 1. The van der Waals surface area contributed by atoms with Gasteiger partial charge in [-0.2, -0.15) is 0 Å². The van der Waals surface area contributed by atoms with E-state index in [0.29, 0.717) is 0 Å². The van der Waals surface area contributed by atoms with Crippen LogP contribution in [0, 0.1) is 13.8 Å². The normalized spacial score (nSPS) is 12.9. The summed E-state index contributed by atoms with van der Waals surface area (Å²) in [5.74, 6) is 0.943. The van der Waals surface area contributed by atoms with Gasteiger partial charge in [-0.25, -0.2) is 4.98 Å². The number of fused-ring (bicyclic) bond motifs is 1. The zero-order valence-corrected chi connectivity index (χ0v) is 13.5. The summed E-state index contributed by atoms with van der Waals surface area (Å²) < 4.78 is 6.12. The first-order valence-corrected chi connectivity index (χ1v) is 8.21. The molecular weight excluding hydrogens is 280 g/mol. The number of nitrogens with zero attached hydrogens (tertiary/aromatic N) is 1. The highest BCUT2D eigenvalue weighted by atomic mass is 32.1. The fourth-order valence-electron chi connectivity index (χ4n) is 2.52. The molecule has 0 amide bonds. The first kappa shape index (κ1) is 14.3. The standard InChI is InChI=1S/C17H20N2OS/c1-4-8-18-16(14-10-21-12(3)19-14)15-9-13-7-5-6-11(2)17(13)20-15/h5-7,9-10,16,18H,4,8H2,1-3H3. The van der Waals surface area contributed by atoms with Crippen LogP contribution in [0.3, 0.4) is 0 Å². The molecule has 3 nitrogen and oxygen atoms in total. The van der Waals surface area contributed by atoms with Crippen molar-refractivity contribution in [3.05, 3.63) is 51.7 Å². The molecule has 1 N–H and O–H groups in total. The van der Waals surface area contributed by atoms with Crippen LogP contribution >= 0.6 is 11.3 Å². The van der Waals surface area contributed by atoms with Crippen molar-refractivity contribution in [2.75, 3.05) is 6.54 Å². The van der Waals surface area contributed by atoms with Gasteiger partial charge in [-0.3, -0.25) is 0 Å². The number of furan rings is 1. The lowest BCUT2D eigenvalue weighted by molar-refractivity contribution is 0.464. The lowest BCUT2D eigenvalue weighted by atomic mass is 10.1. The van der Waals surface area contributed by atoms with Crippen molar-refractivity contribution in [2.45, 2.75) is 33.2 Å². The van der Waals surface area contributed by atoms with E-state index < -0.39 is 0 Å². The van der Waals surface area contributed by atoms with Gasteiger partial charge in [-0.15, -0.1) is 11.3 Å². The molecule has 3 aromatic rings. The van der Waals surface area contributed by atoms with Crippen LogP contribution in [0.25, 0.3) is 11.0 Å². The van der Waals surface area contributed by atoms with Gasteiger partial charge in [0.25, 0.3) is 0 Å². The second-order valence-electron chi connectivity index (χ2n) is 5.32. The van der Waals surface area contributed by atoms with Crippen molar-refractivity contribution in [3.63, 3.8) is 0 Å². The van der Waals surface area contributed by atoms with Gasteiger partial charge in [0.1, 0.15) is 17.4 Å². The highest BCUT2D eigenvalue weighted by molar-refractivity contribution is 7.09. The first-order chi connectivity index (χ1) is 10.2. The Balaban J connectivity index is 2.03. The zero-order chi connectivity index (χ0) is 14.8. The Bertz CT molecular complexity index is 744. The van der Waals surface area contributed by atoms with Gasteiger partial charge in [-0.1, -0.05) is 25.1 Å². The predicted octanol–water partition coefficient (Wildman–Crippen LogP) is 4.60. The minimum atomic E-state index is 0.0294. The third kappa shape index (κ3) is 2.87. The van der Waals surface area contributed by atoms with E-state index in [9.17, 15) is 0 Å². The number of nitrogens with one attached hydrogen (secondary N) is 1.